The van der Waals surface area contributed by atoms with Gasteiger partial charge in [-0.25, -0.2) is 8.42 Å². The van der Waals surface area contributed by atoms with Gasteiger partial charge in [0.15, 0.2) is 0 Å². The van der Waals surface area contributed by atoms with Crippen LogP contribution < -0.4 is 5.32 Å². The number of sulfonamides is 1. The second-order valence-corrected chi connectivity index (χ2v) is 7.72. The van der Waals surface area contributed by atoms with Crippen LogP contribution >= 0.6 is 0 Å². The minimum atomic E-state index is -3.50. The van der Waals surface area contributed by atoms with Crippen molar-refractivity contribution in [2.24, 2.45) is 5.92 Å². The van der Waals surface area contributed by atoms with Crippen LogP contribution in [0.2, 0.25) is 0 Å². The number of aliphatic hydroxyl groups excluding tert-OH is 1. The standard InChI is InChI=1S/C15H24N2O3S/c1-10-7-14(16-4)8-11(2)15(10)21(19,20)17-6-5-13(9-17)12(3)18/h7-8,12-13,16,18H,5-6,9H2,1-4H3. The highest BCUT2D eigenvalue weighted by Gasteiger charge is 2.35. The van der Waals surface area contributed by atoms with Crippen LogP contribution in [0.15, 0.2) is 17.0 Å². The SMILES string of the molecule is CNc1cc(C)c(S(=O)(=O)N2CCC(C(C)O)C2)c(C)c1. The molecule has 1 aliphatic heterocycles. The topological polar surface area (TPSA) is 69.6 Å². The Labute approximate surface area is 127 Å². The van der Waals surface area contributed by atoms with Crippen molar-refractivity contribution >= 4 is 15.7 Å². The Morgan fingerprint density at radius 2 is 1.90 bits per heavy atom. The summed E-state index contributed by atoms with van der Waals surface area (Å²) in [5.74, 6) is 0.0250. The maximum atomic E-state index is 12.9. The van der Waals surface area contributed by atoms with E-state index in [0.717, 1.165) is 16.8 Å². The second-order valence-electron chi connectivity index (χ2n) is 5.84. The lowest BCUT2D eigenvalue weighted by Crippen LogP contribution is -2.31. The van der Waals surface area contributed by atoms with E-state index in [9.17, 15) is 13.5 Å². The predicted octanol–water partition coefficient (Wildman–Crippen LogP) is 1.74. The van der Waals surface area contributed by atoms with E-state index >= 15 is 0 Å². The molecule has 0 saturated carbocycles. The van der Waals surface area contributed by atoms with Crippen molar-refractivity contribution in [3.8, 4) is 0 Å². The Morgan fingerprint density at radius 1 is 1.33 bits per heavy atom. The highest BCUT2D eigenvalue weighted by molar-refractivity contribution is 7.89. The van der Waals surface area contributed by atoms with E-state index in [0.29, 0.717) is 24.4 Å². The van der Waals surface area contributed by atoms with Gasteiger partial charge in [-0.15, -0.1) is 0 Å². The third-order valence-corrected chi connectivity index (χ3v) is 6.39. The van der Waals surface area contributed by atoms with Crippen molar-refractivity contribution in [1.82, 2.24) is 4.31 Å². The Balaban J connectivity index is 2.37. The number of rotatable bonds is 4. The second kappa shape index (κ2) is 5.94. The molecule has 6 heteroatoms. The predicted molar refractivity (Wildman–Crippen MR) is 84.0 cm³/mol. The van der Waals surface area contributed by atoms with Gasteiger partial charge in [-0.3, -0.25) is 0 Å². The van der Waals surface area contributed by atoms with Gasteiger partial charge < -0.3 is 10.4 Å². The molecular formula is C15H24N2O3S. The average Bonchev–Trinajstić information content (AvgIpc) is 2.87. The van der Waals surface area contributed by atoms with Gasteiger partial charge in [0.05, 0.1) is 11.0 Å². The first-order valence-corrected chi connectivity index (χ1v) is 8.68. The molecule has 118 valence electrons. The molecule has 1 saturated heterocycles. The lowest BCUT2D eigenvalue weighted by atomic mass is 10.0. The fourth-order valence-corrected chi connectivity index (χ4v) is 4.92. The van der Waals surface area contributed by atoms with Gasteiger partial charge in [-0.05, 0) is 56.4 Å². The zero-order valence-corrected chi connectivity index (χ0v) is 13.9. The molecule has 2 unspecified atom stereocenters. The molecule has 0 aromatic heterocycles. The van der Waals surface area contributed by atoms with E-state index in [1.165, 1.54) is 4.31 Å². The number of benzene rings is 1. The van der Waals surface area contributed by atoms with E-state index in [1.54, 1.807) is 6.92 Å². The zero-order chi connectivity index (χ0) is 15.8. The smallest absolute Gasteiger partial charge is 0.243 e. The van der Waals surface area contributed by atoms with Gasteiger partial charge in [0.2, 0.25) is 10.0 Å². The molecule has 2 N–H and O–H groups in total. The lowest BCUT2D eigenvalue weighted by molar-refractivity contribution is 0.133. The number of nitrogens with one attached hydrogen (secondary N) is 1. The summed E-state index contributed by atoms with van der Waals surface area (Å²) < 4.78 is 27.2. The molecule has 1 aromatic carbocycles. The van der Waals surface area contributed by atoms with E-state index in [2.05, 4.69) is 5.32 Å². The van der Waals surface area contributed by atoms with E-state index in [4.69, 9.17) is 0 Å². The van der Waals surface area contributed by atoms with Crippen LogP contribution in [0.5, 0.6) is 0 Å². The van der Waals surface area contributed by atoms with Crippen LogP contribution in [0.4, 0.5) is 5.69 Å². The number of aryl methyl sites for hydroxylation is 2. The fraction of sp³-hybridized carbons (Fsp3) is 0.600. The van der Waals surface area contributed by atoms with Gasteiger partial charge in [-0.2, -0.15) is 4.31 Å². The first-order valence-electron chi connectivity index (χ1n) is 7.24. The summed E-state index contributed by atoms with van der Waals surface area (Å²) in [4.78, 5) is 0.396. The van der Waals surface area contributed by atoms with Gasteiger partial charge >= 0.3 is 0 Å². The third-order valence-electron chi connectivity index (χ3n) is 4.22. The number of nitrogens with zero attached hydrogens (tertiary/aromatic N) is 1. The molecule has 5 nitrogen and oxygen atoms in total. The van der Waals surface area contributed by atoms with Crippen molar-refractivity contribution in [3.05, 3.63) is 23.3 Å². The summed E-state index contributed by atoms with van der Waals surface area (Å²) in [7, 11) is -1.68. The minimum absolute atomic E-state index is 0.0250. The van der Waals surface area contributed by atoms with Gasteiger partial charge in [0.25, 0.3) is 0 Å². The van der Waals surface area contributed by atoms with Crippen molar-refractivity contribution in [2.75, 3.05) is 25.5 Å². The normalized spacial score (nSPS) is 21.5. The highest BCUT2D eigenvalue weighted by Crippen LogP contribution is 2.31. The first kappa shape index (κ1) is 16.3. The summed E-state index contributed by atoms with van der Waals surface area (Å²) in [5.41, 5.74) is 2.41. The molecule has 1 heterocycles. The number of hydrogen-bond donors (Lipinski definition) is 2. The minimum Gasteiger partial charge on any atom is -0.393 e. The largest absolute Gasteiger partial charge is 0.393 e. The molecule has 1 fully saturated rings. The summed E-state index contributed by atoms with van der Waals surface area (Å²) >= 11 is 0. The van der Waals surface area contributed by atoms with Crippen LogP contribution in [-0.2, 0) is 10.0 Å². The first-order chi connectivity index (χ1) is 9.77. The average molecular weight is 312 g/mol. The monoisotopic (exact) mass is 312 g/mol. The number of anilines is 1. The van der Waals surface area contributed by atoms with Gasteiger partial charge in [0.1, 0.15) is 0 Å². The van der Waals surface area contributed by atoms with Gasteiger partial charge in [-0.1, -0.05) is 0 Å². The maximum absolute atomic E-state index is 12.9. The van der Waals surface area contributed by atoms with Crippen LogP contribution in [0.25, 0.3) is 0 Å². The number of aliphatic hydroxyl groups is 1. The molecule has 1 aromatic rings. The molecule has 0 spiro atoms. The Bertz CT molecular complexity index is 603. The summed E-state index contributed by atoms with van der Waals surface area (Å²) in [6.07, 6.45) is 0.239. The highest BCUT2D eigenvalue weighted by atomic mass is 32.2. The Morgan fingerprint density at radius 3 is 2.33 bits per heavy atom. The number of hydrogen-bond acceptors (Lipinski definition) is 4. The molecule has 21 heavy (non-hydrogen) atoms. The van der Waals surface area contributed by atoms with Crippen molar-refractivity contribution in [2.45, 2.75) is 38.2 Å². The van der Waals surface area contributed by atoms with E-state index in [1.807, 2.05) is 33.0 Å². The van der Waals surface area contributed by atoms with Crippen LogP contribution in [0, 0.1) is 19.8 Å². The quantitative estimate of drug-likeness (QED) is 0.888. The van der Waals surface area contributed by atoms with Gasteiger partial charge in [0, 0.05) is 25.8 Å². The summed E-state index contributed by atoms with van der Waals surface area (Å²) in [6, 6.07) is 3.70. The molecule has 0 amide bonds. The van der Waals surface area contributed by atoms with Crippen molar-refractivity contribution in [3.63, 3.8) is 0 Å². The summed E-state index contributed by atoms with van der Waals surface area (Å²) in [5, 5.41) is 12.7. The van der Waals surface area contributed by atoms with E-state index in [-0.39, 0.29) is 5.92 Å². The van der Waals surface area contributed by atoms with Crippen LogP contribution in [-0.4, -0.2) is 44.1 Å². The molecule has 1 aliphatic rings. The fourth-order valence-electron chi connectivity index (χ4n) is 3.00. The van der Waals surface area contributed by atoms with Crippen molar-refractivity contribution in [1.29, 1.82) is 0 Å². The summed E-state index contributed by atoms with van der Waals surface area (Å²) in [6.45, 7) is 6.24. The molecular weight excluding hydrogens is 288 g/mol. The molecule has 0 radical (unpaired) electrons. The lowest BCUT2D eigenvalue weighted by Gasteiger charge is -2.21. The Kier molecular flexibility index (Phi) is 4.60. The third kappa shape index (κ3) is 3.07. The zero-order valence-electron chi connectivity index (χ0n) is 13.0. The molecule has 2 rings (SSSR count). The van der Waals surface area contributed by atoms with Crippen LogP contribution in [0.1, 0.15) is 24.5 Å². The maximum Gasteiger partial charge on any atom is 0.243 e. The van der Waals surface area contributed by atoms with E-state index < -0.39 is 16.1 Å². The molecule has 2 atom stereocenters. The molecule has 0 bridgehead atoms. The Hall–Kier alpha value is -1.11. The van der Waals surface area contributed by atoms with Crippen molar-refractivity contribution < 1.29 is 13.5 Å². The van der Waals surface area contributed by atoms with Crippen LogP contribution in [0.3, 0.4) is 0 Å². The molecule has 0 aliphatic carbocycles.